The lowest BCUT2D eigenvalue weighted by Gasteiger charge is -2.06. The van der Waals surface area contributed by atoms with Gasteiger partial charge in [-0.3, -0.25) is 10.1 Å². The van der Waals surface area contributed by atoms with E-state index in [1.807, 2.05) is 0 Å². The van der Waals surface area contributed by atoms with Crippen molar-refractivity contribution in [1.82, 2.24) is 15.0 Å². The van der Waals surface area contributed by atoms with E-state index >= 15 is 0 Å². The molecule has 2 aromatic rings. The zero-order valence-electron chi connectivity index (χ0n) is 10.2. The average Bonchev–Trinajstić information content (AvgIpc) is 2.80. The summed E-state index contributed by atoms with van der Waals surface area (Å²) < 4.78 is 1.42. The van der Waals surface area contributed by atoms with E-state index in [0.29, 0.717) is 16.9 Å². The van der Waals surface area contributed by atoms with Crippen LogP contribution in [-0.2, 0) is 0 Å². The summed E-state index contributed by atoms with van der Waals surface area (Å²) in [6, 6.07) is 2.83. The molecule has 2 rings (SSSR count). The highest BCUT2D eigenvalue weighted by molar-refractivity contribution is 6.32. The molecule has 1 heterocycles. The Morgan fingerprint density at radius 2 is 2.21 bits per heavy atom. The molecule has 0 saturated heterocycles. The second-order valence-corrected chi connectivity index (χ2v) is 4.52. The molecule has 0 bridgehead atoms. The SMILES string of the molecule is Cc1cc([N+](=O)[O-])c(Cl)cc1-n1cc(C(C)O)nn1. The van der Waals surface area contributed by atoms with Crippen LogP contribution in [0, 0.1) is 17.0 Å². The summed E-state index contributed by atoms with van der Waals surface area (Å²) in [5, 5.41) is 27.9. The lowest BCUT2D eigenvalue weighted by molar-refractivity contribution is -0.384. The number of hydrogen-bond acceptors (Lipinski definition) is 5. The standard InChI is InChI=1S/C11H11ClN4O3/c1-6-3-11(16(18)19)8(12)4-10(6)15-5-9(7(2)17)13-14-15/h3-5,7,17H,1-2H3. The van der Waals surface area contributed by atoms with Crippen molar-refractivity contribution in [3.05, 3.63) is 44.7 Å². The average molecular weight is 283 g/mol. The molecule has 100 valence electrons. The maximum absolute atomic E-state index is 10.8. The molecular formula is C11H11ClN4O3. The van der Waals surface area contributed by atoms with Crippen LogP contribution in [0.5, 0.6) is 0 Å². The predicted molar refractivity (Wildman–Crippen MR) is 68.4 cm³/mol. The first-order valence-electron chi connectivity index (χ1n) is 5.45. The van der Waals surface area contributed by atoms with Crippen LogP contribution in [0.25, 0.3) is 5.69 Å². The Labute approximate surface area is 113 Å². The van der Waals surface area contributed by atoms with Gasteiger partial charge in [-0.2, -0.15) is 0 Å². The summed E-state index contributed by atoms with van der Waals surface area (Å²) in [5.41, 5.74) is 1.47. The molecule has 1 aromatic carbocycles. The highest BCUT2D eigenvalue weighted by Gasteiger charge is 2.17. The second-order valence-electron chi connectivity index (χ2n) is 4.11. The van der Waals surface area contributed by atoms with Crippen molar-refractivity contribution in [2.75, 3.05) is 0 Å². The number of aryl methyl sites for hydroxylation is 1. The number of halogens is 1. The van der Waals surface area contributed by atoms with Crippen LogP contribution in [0.4, 0.5) is 5.69 Å². The minimum Gasteiger partial charge on any atom is -0.387 e. The third-order valence-electron chi connectivity index (χ3n) is 2.65. The number of nitrogens with zero attached hydrogens (tertiary/aromatic N) is 4. The van der Waals surface area contributed by atoms with Gasteiger partial charge in [-0.15, -0.1) is 5.10 Å². The highest BCUT2D eigenvalue weighted by Crippen LogP contribution is 2.29. The van der Waals surface area contributed by atoms with Gasteiger partial charge in [0.25, 0.3) is 5.69 Å². The van der Waals surface area contributed by atoms with Crippen molar-refractivity contribution < 1.29 is 10.0 Å². The van der Waals surface area contributed by atoms with Crippen LogP contribution >= 0.6 is 11.6 Å². The van der Waals surface area contributed by atoms with E-state index in [4.69, 9.17) is 11.6 Å². The van der Waals surface area contributed by atoms with E-state index in [0.717, 1.165) is 0 Å². The Hall–Kier alpha value is -1.99. The van der Waals surface area contributed by atoms with Crippen LogP contribution < -0.4 is 0 Å². The maximum atomic E-state index is 10.8. The molecule has 8 heteroatoms. The van der Waals surface area contributed by atoms with Crippen LogP contribution in [-0.4, -0.2) is 25.0 Å². The molecule has 0 aliphatic rings. The molecule has 0 aliphatic heterocycles. The van der Waals surface area contributed by atoms with Crippen LogP contribution in [0.3, 0.4) is 0 Å². The number of aliphatic hydroxyl groups excluding tert-OH is 1. The van der Waals surface area contributed by atoms with Crippen molar-refractivity contribution in [3.63, 3.8) is 0 Å². The molecule has 0 saturated carbocycles. The molecule has 0 fully saturated rings. The summed E-state index contributed by atoms with van der Waals surface area (Å²) in [7, 11) is 0. The molecule has 7 nitrogen and oxygen atoms in total. The van der Waals surface area contributed by atoms with Crippen molar-refractivity contribution in [2.45, 2.75) is 20.0 Å². The van der Waals surface area contributed by atoms with Crippen LogP contribution in [0.2, 0.25) is 5.02 Å². The monoisotopic (exact) mass is 282 g/mol. The highest BCUT2D eigenvalue weighted by atomic mass is 35.5. The Bertz CT molecular complexity index is 639. The third-order valence-corrected chi connectivity index (χ3v) is 2.95. The lowest BCUT2D eigenvalue weighted by Crippen LogP contribution is -2.00. The molecule has 0 amide bonds. The first-order chi connectivity index (χ1) is 8.90. The van der Waals surface area contributed by atoms with E-state index in [9.17, 15) is 15.2 Å². The molecule has 0 spiro atoms. The fraction of sp³-hybridized carbons (Fsp3) is 0.273. The van der Waals surface area contributed by atoms with Gasteiger partial charge in [0.2, 0.25) is 0 Å². The van der Waals surface area contributed by atoms with Gasteiger partial charge < -0.3 is 5.11 Å². The van der Waals surface area contributed by atoms with Crippen molar-refractivity contribution in [1.29, 1.82) is 0 Å². The number of rotatable bonds is 3. The van der Waals surface area contributed by atoms with E-state index in [1.54, 1.807) is 20.0 Å². The molecule has 0 aliphatic carbocycles. The fourth-order valence-corrected chi connectivity index (χ4v) is 1.86. The Balaban J connectivity index is 2.50. The maximum Gasteiger partial charge on any atom is 0.288 e. The fourth-order valence-electron chi connectivity index (χ4n) is 1.63. The number of aromatic nitrogens is 3. The van der Waals surface area contributed by atoms with E-state index in [2.05, 4.69) is 10.3 Å². The molecule has 1 unspecified atom stereocenters. The minimum absolute atomic E-state index is 0.0275. The normalized spacial score (nSPS) is 12.4. The zero-order valence-corrected chi connectivity index (χ0v) is 11.0. The summed E-state index contributed by atoms with van der Waals surface area (Å²) in [5.74, 6) is 0. The summed E-state index contributed by atoms with van der Waals surface area (Å²) in [6.07, 6.45) is 0.817. The quantitative estimate of drug-likeness (QED) is 0.688. The van der Waals surface area contributed by atoms with Gasteiger partial charge in [0.1, 0.15) is 10.7 Å². The van der Waals surface area contributed by atoms with Gasteiger partial charge in [-0.25, -0.2) is 4.68 Å². The number of nitro benzene ring substituents is 1. The van der Waals surface area contributed by atoms with E-state index in [-0.39, 0.29) is 10.7 Å². The largest absolute Gasteiger partial charge is 0.387 e. The Morgan fingerprint density at radius 1 is 1.53 bits per heavy atom. The van der Waals surface area contributed by atoms with Gasteiger partial charge in [-0.05, 0) is 25.5 Å². The molecule has 1 aromatic heterocycles. The van der Waals surface area contributed by atoms with Crippen molar-refractivity contribution in [2.24, 2.45) is 0 Å². The summed E-state index contributed by atoms with van der Waals surface area (Å²) in [6.45, 7) is 3.28. The number of nitro groups is 1. The van der Waals surface area contributed by atoms with Gasteiger partial charge in [0.15, 0.2) is 0 Å². The number of hydrogen-bond donors (Lipinski definition) is 1. The lowest BCUT2D eigenvalue weighted by atomic mass is 10.2. The van der Waals surface area contributed by atoms with Gasteiger partial charge in [0, 0.05) is 6.07 Å². The number of benzene rings is 1. The van der Waals surface area contributed by atoms with Gasteiger partial charge in [0.05, 0.1) is 22.9 Å². The topological polar surface area (TPSA) is 94.1 Å². The number of aliphatic hydroxyl groups is 1. The smallest absolute Gasteiger partial charge is 0.288 e. The molecule has 1 N–H and O–H groups in total. The van der Waals surface area contributed by atoms with E-state index < -0.39 is 11.0 Å². The summed E-state index contributed by atoms with van der Waals surface area (Å²) >= 11 is 5.86. The van der Waals surface area contributed by atoms with Gasteiger partial charge in [-0.1, -0.05) is 16.8 Å². The van der Waals surface area contributed by atoms with Crippen LogP contribution in [0.15, 0.2) is 18.3 Å². The first-order valence-corrected chi connectivity index (χ1v) is 5.83. The van der Waals surface area contributed by atoms with Gasteiger partial charge >= 0.3 is 0 Å². The summed E-state index contributed by atoms with van der Waals surface area (Å²) in [4.78, 5) is 10.2. The predicted octanol–water partition coefficient (Wildman–Crippen LogP) is 2.19. The Kier molecular flexibility index (Phi) is 3.50. The second kappa shape index (κ2) is 4.94. The Morgan fingerprint density at radius 3 is 2.74 bits per heavy atom. The van der Waals surface area contributed by atoms with Crippen molar-refractivity contribution in [3.8, 4) is 5.69 Å². The molecule has 0 radical (unpaired) electrons. The van der Waals surface area contributed by atoms with E-state index in [1.165, 1.54) is 16.8 Å². The zero-order chi connectivity index (χ0) is 14.2. The third kappa shape index (κ3) is 2.56. The first kappa shape index (κ1) is 13.4. The minimum atomic E-state index is -0.734. The van der Waals surface area contributed by atoms with Crippen molar-refractivity contribution >= 4 is 17.3 Å². The molecule has 19 heavy (non-hydrogen) atoms. The molecular weight excluding hydrogens is 272 g/mol. The molecule has 1 atom stereocenters. The van der Waals surface area contributed by atoms with Crippen LogP contribution in [0.1, 0.15) is 24.3 Å².